The number of piperazine rings is 1. The Hall–Kier alpha value is -3.42. The minimum atomic E-state index is -0.431. The average molecular weight is 441 g/mol. The number of benzene rings is 2. The van der Waals surface area contributed by atoms with Crippen LogP contribution in [0.25, 0.3) is 0 Å². The van der Waals surface area contributed by atoms with E-state index in [4.69, 9.17) is 0 Å². The van der Waals surface area contributed by atoms with Crippen LogP contribution in [0.3, 0.4) is 0 Å². The summed E-state index contributed by atoms with van der Waals surface area (Å²) >= 11 is 0. The molecule has 3 amide bonds. The maximum atomic E-state index is 14.4. The van der Waals surface area contributed by atoms with Crippen LogP contribution in [-0.2, 0) is 11.3 Å². The predicted molar refractivity (Wildman–Crippen MR) is 121 cm³/mol. The zero-order valence-electron chi connectivity index (χ0n) is 18.5. The number of hydrogen-bond acceptors (Lipinski definition) is 4. The van der Waals surface area contributed by atoms with Crippen molar-refractivity contribution in [2.24, 2.45) is 0 Å². The van der Waals surface area contributed by atoms with E-state index in [2.05, 4.69) is 5.32 Å². The van der Waals surface area contributed by atoms with Crippen molar-refractivity contribution in [2.75, 3.05) is 44.7 Å². The van der Waals surface area contributed by atoms with Crippen LogP contribution in [0.2, 0.25) is 0 Å². The summed E-state index contributed by atoms with van der Waals surface area (Å²) in [5.74, 6) is -0.646. The smallest absolute Gasteiger partial charge is 0.317 e. The number of carbonyl (C=O) groups is 3. The monoisotopic (exact) mass is 440 g/mol. The Morgan fingerprint density at radius 1 is 1.03 bits per heavy atom. The summed E-state index contributed by atoms with van der Waals surface area (Å²) in [5.41, 5.74) is 1.82. The number of nitrogens with one attached hydrogen (secondary N) is 1. The van der Waals surface area contributed by atoms with Crippen molar-refractivity contribution in [3.05, 3.63) is 65.5 Å². The molecule has 0 saturated carbocycles. The van der Waals surface area contributed by atoms with Gasteiger partial charge >= 0.3 is 6.03 Å². The highest BCUT2D eigenvalue weighted by Crippen LogP contribution is 2.22. The van der Waals surface area contributed by atoms with E-state index in [9.17, 15) is 18.8 Å². The summed E-state index contributed by atoms with van der Waals surface area (Å²) in [6.45, 7) is 4.14. The molecule has 0 atom stereocenters. The first kappa shape index (κ1) is 23.2. The summed E-state index contributed by atoms with van der Waals surface area (Å²) in [4.78, 5) is 41.3. The Kier molecular flexibility index (Phi) is 7.81. The first-order chi connectivity index (χ1) is 15.3. The number of Topliss-reactive ketones (excluding diaryl/α,β-unsaturated/α-hetero) is 1. The standard InChI is InChI=1S/C24H29FN4O3/c1-18(30)20-8-9-22(21(25)16-20)28-12-14-29(15-13-28)23(31)10-11-26-24(32)27(2)17-19-6-4-3-5-7-19/h3-9,16H,10-15,17H2,1-2H3,(H,26,32). The number of anilines is 1. The topological polar surface area (TPSA) is 73.0 Å². The fourth-order valence-electron chi connectivity index (χ4n) is 3.68. The Morgan fingerprint density at radius 2 is 1.72 bits per heavy atom. The van der Waals surface area contributed by atoms with Crippen LogP contribution in [0.5, 0.6) is 0 Å². The van der Waals surface area contributed by atoms with E-state index in [0.29, 0.717) is 44.0 Å². The van der Waals surface area contributed by atoms with Crippen LogP contribution in [-0.4, -0.2) is 67.3 Å². The van der Waals surface area contributed by atoms with E-state index >= 15 is 0 Å². The van der Waals surface area contributed by atoms with Gasteiger partial charge in [-0.05, 0) is 30.7 Å². The number of hydrogen-bond donors (Lipinski definition) is 1. The number of urea groups is 1. The summed E-state index contributed by atoms with van der Waals surface area (Å²) in [7, 11) is 1.71. The van der Waals surface area contributed by atoms with E-state index in [0.717, 1.165) is 5.56 Å². The van der Waals surface area contributed by atoms with E-state index in [1.807, 2.05) is 35.2 Å². The Balaban J connectivity index is 1.41. The number of carbonyl (C=O) groups excluding carboxylic acids is 3. The van der Waals surface area contributed by atoms with Gasteiger partial charge in [0.25, 0.3) is 0 Å². The lowest BCUT2D eigenvalue weighted by atomic mass is 10.1. The zero-order chi connectivity index (χ0) is 23.1. The van der Waals surface area contributed by atoms with Gasteiger partial charge in [-0.1, -0.05) is 30.3 Å². The lowest BCUT2D eigenvalue weighted by molar-refractivity contribution is -0.131. The average Bonchev–Trinajstić information content (AvgIpc) is 2.79. The van der Waals surface area contributed by atoms with Crippen LogP contribution in [0, 0.1) is 5.82 Å². The molecule has 0 aliphatic carbocycles. The lowest BCUT2D eigenvalue weighted by Crippen LogP contribution is -2.49. The maximum Gasteiger partial charge on any atom is 0.317 e. The minimum absolute atomic E-state index is 0.0388. The van der Waals surface area contributed by atoms with E-state index in [-0.39, 0.29) is 30.7 Å². The molecule has 1 aliphatic heterocycles. The number of ketones is 1. The van der Waals surface area contributed by atoms with Crippen molar-refractivity contribution in [3.63, 3.8) is 0 Å². The summed E-state index contributed by atoms with van der Waals surface area (Å²) in [6, 6.07) is 14.0. The fraction of sp³-hybridized carbons (Fsp3) is 0.375. The Labute approximate surface area is 187 Å². The molecule has 1 saturated heterocycles. The number of amides is 3. The molecule has 1 heterocycles. The third kappa shape index (κ3) is 6.06. The first-order valence-electron chi connectivity index (χ1n) is 10.7. The van der Waals surface area contributed by atoms with Gasteiger partial charge < -0.3 is 20.0 Å². The number of rotatable bonds is 7. The van der Waals surface area contributed by atoms with Gasteiger partial charge in [-0.2, -0.15) is 0 Å². The second-order valence-corrected chi connectivity index (χ2v) is 7.91. The maximum absolute atomic E-state index is 14.4. The zero-order valence-corrected chi connectivity index (χ0v) is 18.5. The van der Waals surface area contributed by atoms with Gasteiger partial charge in [0.15, 0.2) is 5.78 Å². The summed E-state index contributed by atoms with van der Waals surface area (Å²) in [5, 5.41) is 2.78. The molecule has 7 nitrogen and oxygen atoms in total. The van der Waals surface area contributed by atoms with Crippen molar-refractivity contribution in [2.45, 2.75) is 19.9 Å². The van der Waals surface area contributed by atoms with E-state index in [1.165, 1.54) is 13.0 Å². The highest BCUT2D eigenvalue weighted by atomic mass is 19.1. The molecule has 3 rings (SSSR count). The largest absolute Gasteiger partial charge is 0.366 e. The van der Waals surface area contributed by atoms with Crippen molar-refractivity contribution in [1.29, 1.82) is 0 Å². The van der Waals surface area contributed by atoms with Crippen molar-refractivity contribution >= 4 is 23.4 Å². The molecule has 0 radical (unpaired) electrons. The molecule has 32 heavy (non-hydrogen) atoms. The number of halogens is 1. The van der Waals surface area contributed by atoms with Gasteiger partial charge in [0.05, 0.1) is 5.69 Å². The van der Waals surface area contributed by atoms with Gasteiger partial charge in [0.1, 0.15) is 5.82 Å². The molecule has 0 unspecified atom stereocenters. The molecule has 2 aromatic carbocycles. The summed E-state index contributed by atoms with van der Waals surface area (Å²) < 4.78 is 14.4. The molecule has 8 heteroatoms. The lowest BCUT2D eigenvalue weighted by Gasteiger charge is -2.36. The van der Waals surface area contributed by atoms with Crippen LogP contribution >= 0.6 is 0 Å². The molecule has 1 aliphatic rings. The van der Waals surface area contributed by atoms with Crippen molar-refractivity contribution in [3.8, 4) is 0 Å². The van der Waals surface area contributed by atoms with Crippen LogP contribution in [0.4, 0.5) is 14.9 Å². The minimum Gasteiger partial charge on any atom is -0.366 e. The van der Waals surface area contributed by atoms with Crippen LogP contribution in [0.15, 0.2) is 48.5 Å². The molecule has 0 spiro atoms. The molecule has 2 aromatic rings. The molecule has 170 valence electrons. The number of nitrogens with zero attached hydrogens (tertiary/aromatic N) is 3. The predicted octanol–water partition coefficient (Wildman–Crippen LogP) is 2.91. The fourth-order valence-corrected chi connectivity index (χ4v) is 3.68. The molecular weight excluding hydrogens is 411 g/mol. The SMILES string of the molecule is CC(=O)c1ccc(N2CCN(C(=O)CCNC(=O)N(C)Cc3ccccc3)CC2)c(F)c1. The highest BCUT2D eigenvalue weighted by Gasteiger charge is 2.23. The third-order valence-corrected chi connectivity index (χ3v) is 5.55. The highest BCUT2D eigenvalue weighted by molar-refractivity contribution is 5.94. The van der Waals surface area contributed by atoms with E-state index < -0.39 is 5.82 Å². The second-order valence-electron chi connectivity index (χ2n) is 7.91. The van der Waals surface area contributed by atoms with Gasteiger partial charge in [-0.3, -0.25) is 9.59 Å². The van der Waals surface area contributed by atoms with Crippen molar-refractivity contribution < 1.29 is 18.8 Å². The van der Waals surface area contributed by atoms with E-state index in [1.54, 1.807) is 29.0 Å². The Morgan fingerprint density at radius 3 is 2.34 bits per heavy atom. The van der Waals surface area contributed by atoms with Gasteiger partial charge in [0.2, 0.25) is 5.91 Å². The molecule has 0 bridgehead atoms. The third-order valence-electron chi connectivity index (χ3n) is 5.55. The quantitative estimate of drug-likeness (QED) is 0.672. The molecule has 0 aromatic heterocycles. The summed E-state index contributed by atoms with van der Waals surface area (Å²) in [6.07, 6.45) is 0.215. The first-order valence-corrected chi connectivity index (χ1v) is 10.7. The van der Waals surface area contributed by atoms with Crippen molar-refractivity contribution in [1.82, 2.24) is 15.1 Å². The van der Waals surface area contributed by atoms with Gasteiger partial charge in [-0.15, -0.1) is 0 Å². The Bertz CT molecular complexity index is 959. The van der Waals surface area contributed by atoms with Gasteiger partial charge in [0, 0.05) is 58.3 Å². The second kappa shape index (κ2) is 10.7. The molecular formula is C24H29FN4O3. The normalized spacial score (nSPS) is 13.6. The molecule has 1 N–H and O–H groups in total. The van der Waals surface area contributed by atoms with Crippen LogP contribution in [0.1, 0.15) is 29.3 Å². The van der Waals surface area contributed by atoms with Gasteiger partial charge in [-0.25, -0.2) is 9.18 Å². The van der Waals surface area contributed by atoms with Crippen LogP contribution < -0.4 is 10.2 Å². The molecule has 1 fully saturated rings.